The Hall–Kier alpha value is -4.38. The smallest absolute Gasteiger partial charge is 0.284 e. The van der Waals surface area contributed by atoms with Crippen LogP contribution in [0.15, 0.2) is 60.4 Å². The van der Waals surface area contributed by atoms with Crippen molar-refractivity contribution >= 4 is 40.4 Å². The molecular formula is C26H28FN7O2S. The molecule has 0 aliphatic carbocycles. The van der Waals surface area contributed by atoms with Gasteiger partial charge in [-0.1, -0.05) is 19.1 Å². The molecule has 37 heavy (non-hydrogen) atoms. The van der Waals surface area contributed by atoms with Gasteiger partial charge in [-0.15, -0.1) is 11.3 Å². The first-order valence-electron chi connectivity index (χ1n) is 11.4. The van der Waals surface area contributed by atoms with Crippen LogP contribution in [0, 0.1) is 25.1 Å². The molecule has 0 atom stereocenters. The van der Waals surface area contributed by atoms with Gasteiger partial charge in [-0.05, 0) is 56.2 Å². The molecule has 3 aromatic rings. The maximum atomic E-state index is 14.8. The first kappa shape index (κ1) is 27.2. The molecule has 2 heterocycles. The van der Waals surface area contributed by atoms with Crippen LogP contribution in [-0.2, 0) is 18.3 Å². The van der Waals surface area contributed by atoms with E-state index in [2.05, 4.69) is 20.7 Å². The molecule has 0 radical (unpaired) electrons. The van der Waals surface area contributed by atoms with Crippen molar-refractivity contribution in [3.8, 4) is 0 Å². The number of nitrogens with zero attached hydrogens (tertiary/aromatic N) is 3. The molecule has 0 bridgehead atoms. The summed E-state index contributed by atoms with van der Waals surface area (Å²) >= 11 is 1.20. The van der Waals surface area contributed by atoms with E-state index in [1.807, 2.05) is 26.0 Å². The highest BCUT2D eigenvalue weighted by Crippen LogP contribution is 2.25. The van der Waals surface area contributed by atoms with Gasteiger partial charge in [0.1, 0.15) is 11.5 Å². The van der Waals surface area contributed by atoms with E-state index < -0.39 is 17.6 Å². The van der Waals surface area contributed by atoms with Gasteiger partial charge in [0.2, 0.25) is 0 Å². The third-order valence-corrected chi connectivity index (χ3v) is 6.60. The van der Waals surface area contributed by atoms with Gasteiger partial charge in [-0.3, -0.25) is 14.3 Å². The predicted molar refractivity (Wildman–Crippen MR) is 144 cm³/mol. The van der Waals surface area contributed by atoms with Crippen molar-refractivity contribution in [3.05, 3.63) is 93.0 Å². The molecule has 3 rings (SSSR count). The Kier molecular flexibility index (Phi) is 8.86. The number of aromatic nitrogens is 3. The molecular weight excluding hydrogens is 493 g/mol. The van der Waals surface area contributed by atoms with Crippen molar-refractivity contribution < 1.29 is 14.0 Å². The minimum absolute atomic E-state index is 0.0620. The topological polar surface area (TPSA) is 139 Å². The Bertz CT molecular complexity index is 1420. The summed E-state index contributed by atoms with van der Waals surface area (Å²) in [6.45, 7) is 5.39. The van der Waals surface area contributed by atoms with Gasteiger partial charge in [-0.25, -0.2) is 9.37 Å². The zero-order valence-electron chi connectivity index (χ0n) is 20.9. The SMILES string of the molecule is CCc1cccccnc(C(=O)Nc2c(F)ccc(C(=N)/C=C(/Nc3cc(C)n(C)n3)C(N)=O)c2C)s1. The van der Waals surface area contributed by atoms with Crippen LogP contribution in [0.1, 0.15) is 38.4 Å². The van der Waals surface area contributed by atoms with Crippen LogP contribution < -0.4 is 16.4 Å². The minimum Gasteiger partial charge on any atom is -0.364 e. The number of amides is 2. The molecule has 0 saturated carbocycles. The first-order valence-corrected chi connectivity index (χ1v) is 12.2. The van der Waals surface area contributed by atoms with E-state index in [4.69, 9.17) is 11.1 Å². The number of aryl methyl sites for hydroxylation is 3. The Labute approximate surface area is 218 Å². The number of benzene rings is 1. The number of nitrogens with two attached hydrogens (primary N) is 1. The van der Waals surface area contributed by atoms with Crippen molar-refractivity contribution in [2.24, 2.45) is 12.8 Å². The van der Waals surface area contributed by atoms with Crippen molar-refractivity contribution in [2.45, 2.75) is 27.2 Å². The fourth-order valence-corrected chi connectivity index (χ4v) is 4.11. The van der Waals surface area contributed by atoms with Gasteiger partial charge < -0.3 is 21.8 Å². The van der Waals surface area contributed by atoms with Crippen molar-refractivity contribution in [3.63, 3.8) is 0 Å². The number of allylic oxidation sites excluding steroid dienone is 1. The lowest BCUT2D eigenvalue weighted by Crippen LogP contribution is -2.22. The van der Waals surface area contributed by atoms with Gasteiger partial charge in [0, 0.05) is 35.4 Å². The summed E-state index contributed by atoms with van der Waals surface area (Å²) in [5.74, 6) is -1.65. The maximum Gasteiger partial charge on any atom is 0.284 e. The number of carbonyl (C=O) groups is 2. The quantitative estimate of drug-likeness (QED) is 0.257. The summed E-state index contributed by atoms with van der Waals surface area (Å²) in [6.07, 6.45) is 3.43. The van der Waals surface area contributed by atoms with E-state index in [-0.39, 0.29) is 22.1 Å². The van der Waals surface area contributed by atoms with E-state index in [9.17, 15) is 14.0 Å². The number of hydrogen-bond acceptors (Lipinski definition) is 7. The average molecular weight is 522 g/mol. The molecule has 192 valence electrons. The van der Waals surface area contributed by atoms with E-state index in [1.165, 1.54) is 29.7 Å². The third-order valence-electron chi connectivity index (χ3n) is 5.43. The Morgan fingerprint density at radius 1 is 1.19 bits per heavy atom. The van der Waals surface area contributed by atoms with Crippen LogP contribution in [0.25, 0.3) is 0 Å². The van der Waals surface area contributed by atoms with Crippen LogP contribution in [0.3, 0.4) is 0 Å². The lowest BCUT2D eigenvalue weighted by Gasteiger charge is -2.14. The number of anilines is 2. The Morgan fingerprint density at radius 2 is 1.95 bits per heavy atom. The number of rotatable bonds is 8. The zero-order valence-corrected chi connectivity index (χ0v) is 21.7. The Balaban J connectivity index is 1.94. The molecule has 5 N–H and O–H groups in total. The molecule has 0 aliphatic rings. The van der Waals surface area contributed by atoms with E-state index in [0.29, 0.717) is 23.4 Å². The molecule has 2 amide bonds. The summed E-state index contributed by atoms with van der Waals surface area (Å²) in [7, 11) is 1.75. The van der Waals surface area contributed by atoms with Gasteiger partial charge in [0.15, 0.2) is 10.8 Å². The second-order valence-electron chi connectivity index (χ2n) is 8.05. The number of carbonyl (C=O) groups excluding carboxylic acids is 2. The van der Waals surface area contributed by atoms with Gasteiger partial charge in [0.05, 0.1) is 11.4 Å². The summed E-state index contributed by atoms with van der Waals surface area (Å²) in [5.41, 5.74) is 6.72. The fraction of sp³-hybridized carbons (Fsp3) is 0.192. The fourth-order valence-electron chi connectivity index (χ4n) is 3.31. The predicted octanol–water partition coefficient (Wildman–Crippen LogP) is 4.42. The van der Waals surface area contributed by atoms with Crippen molar-refractivity contribution in [2.75, 3.05) is 10.6 Å². The highest BCUT2D eigenvalue weighted by molar-refractivity contribution is 7.13. The highest BCUT2D eigenvalue weighted by atomic mass is 32.1. The van der Waals surface area contributed by atoms with E-state index in [1.54, 1.807) is 36.9 Å². The van der Waals surface area contributed by atoms with Crippen LogP contribution in [0.2, 0.25) is 0 Å². The van der Waals surface area contributed by atoms with Crippen LogP contribution >= 0.6 is 11.3 Å². The lowest BCUT2D eigenvalue weighted by atomic mass is 10.0. The molecule has 0 unspecified atom stereocenters. The number of primary amides is 1. The van der Waals surface area contributed by atoms with Crippen molar-refractivity contribution in [1.82, 2.24) is 14.8 Å². The monoisotopic (exact) mass is 521 g/mol. The lowest BCUT2D eigenvalue weighted by molar-refractivity contribution is -0.114. The summed E-state index contributed by atoms with van der Waals surface area (Å²) in [6, 6.07) is 11.5. The number of hydrogen-bond donors (Lipinski definition) is 4. The van der Waals surface area contributed by atoms with Crippen LogP contribution in [0.4, 0.5) is 15.9 Å². The molecule has 2 aromatic heterocycles. The largest absolute Gasteiger partial charge is 0.364 e. The molecule has 1 aromatic carbocycles. The minimum atomic E-state index is -0.793. The number of halogens is 1. The maximum absolute atomic E-state index is 14.8. The highest BCUT2D eigenvalue weighted by Gasteiger charge is 2.18. The van der Waals surface area contributed by atoms with Gasteiger partial charge in [-0.2, -0.15) is 5.10 Å². The normalized spacial score (nSPS) is 11.0. The molecule has 9 nitrogen and oxygen atoms in total. The molecule has 0 fully saturated rings. The van der Waals surface area contributed by atoms with Crippen LogP contribution in [-0.4, -0.2) is 32.3 Å². The zero-order chi connectivity index (χ0) is 27.1. The molecule has 0 spiro atoms. The summed E-state index contributed by atoms with van der Waals surface area (Å²) < 4.78 is 16.4. The van der Waals surface area contributed by atoms with Gasteiger partial charge >= 0.3 is 0 Å². The Morgan fingerprint density at radius 3 is 2.59 bits per heavy atom. The number of nitrogens with one attached hydrogen (secondary N) is 3. The summed E-state index contributed by atoms with van der Waals surface area (Å²) in [5, 5.41) is 18.3. The first-order chi connectivity index (χ1) is 17.6. The van der Waals surface area contributed by atoms with E-state index in [0.717, 1.165) is 16.6 Å². The molecule has 11 heteroatoms. The average Bonchev–Trinajstić information content (AvgIpc) is 3.23. The second kappa shape index (κ2) is 12.0. The van der Waals surface area contributed by atoms with E-state index >= 15 is 0 Å². The van der Waals surface area contributed by atoms with Crippen LogP contribution in [0.5, 0.6) is 0 Å². The third kappa shape index (κ3) is 6.85. The summed E-state index contributed by atoms with van der Waals surface area (Å²) in [4.78, 5) is 30.2. The molecule has 0 aliphatic heterocycles. The molecule has 0 saturated heterocycles. The van der Waals surface area contributed by atoms with Gasteiger partial charge in [0.25, 0.3) is 11.8 Å². The van der Waals surface area contributed by atoms with Crippen molar-refractivity contribution in [1.29, 1.82) is 5.41 Å². The second-order valence-corrected chi connectivity index (χ2v) is 9.17. The standard InChI is InChI=1S/C26H28FN7O2S/c1-5-17-9-7-6-8-12-30-26(37-17)25(36)32-23-16(3)18(10-11-19(23)27)20(28)14-21(24(29)35)31-22-13-15(2)34(4)33-22/h6-14,28H,5H2,1-4H3,(H2,29,35)(H,31,33)(H,32,36)/b7-6?,12-8?,17-9?,21-14+,28-20?,30-26?.